The number of hydrogen-bond donors (Lipinski definition) is 1. The highest BCUT2D eigenvalue weighted by Crippen LogP contribution is 2.28. The minimum atomic E-state index is -0.216. The minimum Gasteiger partial charge on any atom is -0.496 e. The van der Waals surface area contributed by atoms with Crippen molar-refractivity contribution in [3.8, 4) is 5.75 Å². The number of nitrogens with one attached hydrogen (secondary N) is 1. The van der Waals surface area contributed by atoms with E-state index in [2.05, 4.69) is 5.32 Å². The van der Waals surface area contributed by atoms with E-state index in [0.29, 0.717) is 16.9 Å². The van der Waals surface area contributed by atoms with Crippen LogP contribution in [0.5, 0.6) is 5.75 Å². The van der Waals surface area contributed by atoms with Gasteiger partial charge in [0.2, 0.25) is 0 Å². The summed E-state index contributed by atoms with van der Waals surface area (Å²) in [7, 11) is 3.45. The van der Waals surface area contributed by atoms with Crippen molar-refractivity contribution in [2.45, 2.75) is 6.92 Å². The number of fused-ring (bicyclic) bond motifs is 1. The van der Waals surface area contributed by atoms with Gasteiger partial charge in [0.25, 0.3) is 5.91 Å². The van der Waals surface area contributed by atoms with Crippen molar-refractivity contribution in [3.05, 3.63) is 59.8 Å². The van der Waals surface area contributed by atoms with Gasteiger partial charge in [0, 0.05) is 23.7 Å². The minimum absolute atomic E-state index is 0.00587. The van der Waals surface area contributed by atoms with Crippen molar-refractivity contribution >= 4 is 28.3 Å². The molecular formula is C19H18N2O3. The maximum atomic E-state index is 12.6. The van der Waals surface area contributed by atoms with Crippen molar-refractivity contribution in [2.75, 3.05) is 12.4 Å². The number of methoxy groups -OCH3 is 1. The second-order valence-electron chi connectivity index (χ2n) is 5.57. The molecule has 0 aliphatic rings. The number of aromatic nitrogens is 1. The first-order valence-electron chi connectivity index (χ1n) is 7.56. The lowest BCUT2D eigenvalue weighted by atomic mass is 10.1. The predicted octanol–water partition coefficient (Wildman–Crippen LogP) is 3.64. The molecule has 1 heterocycles. The Morgan fingerprint density at radius 2 is 1.79 bits per heavy atom. The smallest absolute Gasteiger partial charge is 0.272 e. The van der Waals surface area contributed by atoms with E-state index in [0.717, 1.165) is 16.7 Å². The largest absolute Gasteiger partial charge is 0.496 e. The van der Waals surface area contributed by atoms with E-state index in [-0.39, 0.29) is 11.7 Å². The number of nitrogens with zero attached hydrogens (tertiary/aromatic N) is 1. The highest BCUT2D eigenvalue weighted by atomic mass is 16.5. The summed E-state index contributed by atoms with van der Waals surface area (Å²) in [5, 5.41) is 3.74. The number of ether oxygens (including phenoxy) is 1. The summed E-state index contributed by atoms with van der Waals surface area (Å²) in [6.45, 7) is 1.51. The number of carbonyl (C=O) groups excluding carboxylic acids is 2. The van der Waals surface area contributed by atoms with Gasteiger partial charge < -0.3 is 14.6 Å². The molecule has 2 aromatic carbocycles. The molecule has 0 unspecified atom stereocenters. The third-order valence-corrected chi connectivity index (χ3v) is 4.05. The molecule has 0 aliphatic carbocycles. The van der Waals surface area contributed by atoms with Gasteiger partial charge in [-0.05, 0) is 49.4 Å². The zero-order valence-corrected chi connectivity index (χ0v) is 13.8. The van der Waals surface area contributed by atoms with E-state index in [1.165, 1.54) is 6.92 Å². The summed E-state index contributed by atoms with van der Waals surface area (Å²) in [5.74, 6) is 0.507. The number of carbonyl (C=O) groups is 2. The first-order chi connectivity index (χ1) is 11.5. The molecule has 0 saturated carbocycles. The van der Waals surface area contributed by atoms with Crippen LogP contribution >= 0.6 is 0 Å². The van der Waals surface area contributed by atoms with Crippen LogP contribution in [-0.2, 0) is 7.05 Å². The van der Waals surface area contributed by atoms with Crippen LogP contribution in [0.15, 0.2) is 48.5 Å². The number of benzene rings is 2. The molecule has 1 amide bonds. The van der Waals surface area contributed by atoms with Crippen LogP contribution in [0.1, 0.15) is 27.8 Å². The van der Waals surface area contributed by atoms with Gasteiger partial charge in [-0.25, -0.2) is 0 Å². The Morgan fingerprint density at radius 1 is 1.08 bits per heavy atom. The SMILES string of the molecule is COc1cccc2c1cc(C(=O)Nc1ccc(C(C)=O)cc1)n2C. The van der Waals surface area contributed by atoms with Gasteiger partial charge in [0.05, 0.1) is 12.6 Å². The highest BCUT2D eigenvalue weighted by Gasteiger charge is 2.15. The molecule has 0 bridgehead atoms. The lowest BCUT2D eigenvalue weighted by Crippen LogP contribution is -2.15. The van der Waals surface area contributed by atoms with Crippen LogP contribution < -0.4 is 10.1 Å². The Labute approximate surface area is 139 Å². The zero-order chi connectivity index (χ0) is 17.3. The fourth-order valence-corrected chi connectivity index (χ4v) is 2.71. The number of Topliss-reactive ketones (excluding diaryl/α,β-unsaturated/α-hetero) is 1. The number of hydrogen-bond acceptors (Lipinski definition) is 3. The Bertz CT molecular complexity index is 924. The first-order valence-corrected chi connectivity index (χ1v) is 7.56. The molecule has 0 radical (unpaired) electrons. The predicted molar refractivity (Wildman–Crippen MR) is 93.9 cm³/mol. The molecule has 0 spiro atoms. The number of amides is 1. The van der Waals surface area contributed by atoms with Crippen LogP contribution in [0.2, 0.25) is 0 Å². The van der Waals surface area contributed by atoms with Crippen molar-refractivity contribution in [1.82, 2.24) is 4.57 Å². The van der Waals surface area contributed by atoms with Crippen LogP contribution in [0.3, 0.4) is 0 Å². The fraction of sp³-hybridized carbons (Fsp3) is 0.158. The molecule has 5 nitrogen and oxygen atoms in total. The summed E-state index contributed by atoms with van der Waals surface area (Å²) >= 11 is 0. The van der Waals surface area contributed by atoms with Gasteiger partial charge >= 0.3 is 0 Å². The monoisotopic (exact) mass is 322 g/mol. The Balaban J connectivity index is 1.91. The molecule has 5 heteroatoms. The molecule has 0 fully saturated rings. The van der Waals surface area contributed by atoms with Gasteiger partial charge in [-0.15, -0.1) is 0 Å². The summed E-state index contributed by atoms with van der Waals surface area (Å²) in [6, 6.07) is 14.3. The van der Waals surface area contributed by atoms with Gasteiger partial charge in [-0.1, -0.05) is 6.07 Å². The molecule has 3 rings (SSSR count). The Morgan fingerprint density at radius 3 is 2.42 bits per heavy atom. The molecule has 1 N–H and O–H groups in total. The number of ketones is 1. The number of aryl methyl sites for hydroxylation is 1. The molecular weight excluding hydrogens is 304 g/mol. The summed E-state index contributed by atoms with van der Waals surface area (Å²) in [6.07, 6.45) is 0. The van der Waals surface area contributed by atoms with Crippen LogP contribution in [-0.4, -0.2) is 23.4 Å². The van der Waals surface area contributed by atoms with Gasteiger partial charge in [-0.3, -0.25) is 9.59 Å². The first kappa shape index (κ1) is 15.8. The second-order valence-corrected chi connectivity index (χ2v) is 5.57. The standard InChI is InChI=1S/C19H18N2O3/c1-12(22)13-7-9-14(10-8-13)20-19(23)17-11-15-16(21(17)2)5-4-6-18(15)24-3/h4-11H,1-3H3,(H,20,23). The van der Waals surface area contributed by atoms with E-state index >= 15 is 0 Å². The van der Waals surface area contributed by atoms with E-state index in [1.807, 2.05) is 35.9 Å². The summed E-state index contributed by atoms with van der Waals surface area (Å²) < 4.78 is 7.18. The number of anilines is 1. The Hall–Kier alpha value is -3.08. The highest BCUT2D eigenvalue weighted by molar-refractivity contribution is 6.07. The molecule has 3 aromatic rings. The maximum Gasteiger partial charge on any atom is 0.272 e. The number of rotatable bonds is 4. The average Bonchev–Trinajstić information content (AvgIpc) is 2.92. The van der Waals surface area contributed by atoms with Crippen molar-refractivity contribution in [3.63, 3.8) is 0 Å². The summed E-state index contributed by atoms with van der Waals surface area (Å²) in [4.78, 5) is 23.9. The normalized spacial score (nSPS) is 10.6. The molecule has 24 heavy (non-hydrogen) atoms. The van der Waals surface area contributed by atoms with E-state index in [9.17, 15) is 9.59 Å². The van der Waals surface area contributed by atoms with E-state index in [4.69, 9.17) is 4.74 Å². The quantitative estimate of drug-likeness (QED) is 0.746. The third kappa shape index (κ3) is 2.76. The van der Waals surface area contributed by atoms with Crippen LogP contribution in [0.4, 0.5) is 5.69 Å². The summed E-state index contributed by atoms with van der Waals surface area (Å²) in [5.41, 5.74) is 2.71. The molecule has 1 aromatic heterocycles. The second kappa shape index (κ2) is 6.20. The van der Waals surface area contributed by atoms with Crippen molar-refractivity contribution in [2.24, 2.45) is 7.05 Å². The van der Waals surface area contributed by atoms with Crippen molar-refractivity contribution < 1.29 is 14.3 Å². The maximum absolute atomic E-state index is 12.6. The lowest BCUT2D eigenvalue weighted by molar-refractivity contribution is 0.101. The van der Waals surface area contributed by atoms with Gasteiger partial charge in [-0.2, -0.15) is 0 Å². The topological polar surface area (TPSA) is 60.3 Å². The fourth-order valence-electron chi connectivity index (χ4n) is 2.71. The molecule has 0 atom stereocenters. The van der Waals surface area contributed by atoms with Crippen molar-refractivity contribution in [1.29, 1.82) is 0 Å². The molecule has 0 aliphatic heterocycles. The molecule has 122 valence electrons. The zero-order valence-electron chi connectivity index (χ0n) is 13.8. The van der Waals surface area contributed by atoms with Crippen LogP contribution in [0.25, 0.3) is 10.9 Å². The van der Waals surface area contributed by atoms with E-state index < -0.39 is 0 Å². The van der Waals surface area contributed by atoms with E-state index in [1.54, 1.807) is 31.4 Å². The van der Waals surface area contributed by atoms with Gasteiger partial charge in [0.1, 0.15) is 11.4 Å². The van der Waals surface area contributed by atoms with Crippen LogP contribution in [0, 0.1) is 0 Å². The molecule has 0 saturated heterocycles. The average molecular weight is 322 g/mol. The Kier molecular flexibility index (Phi) is 4.08. The lowest BCUT2D eigenvalue weighted by Gasteiger charge is -2.07. The third-order valence-electron chi connectivity index (χ3n) is 4.05. The van der Waals surface area contributed by atoms with Gasteiger partial charge in [0.15, 0.2) is 5.78 Å².